The first-order valence-corrected chi connectivity index (χ1v) is 8.55. The number of aromatic nitrogens is 4. The van der Waals surface area contributed by atoms with Gasteiger partial charge in [0.25, 0.3) is 0 Å². The van der Waals surface area contributed by atoms with Gasteiger partial charge in [-0.25, -0.2) is 14.6 Å². The Bertz CT molecular complexity index is 752. The van der Waals surface area contributed by atoms with Crippen molar-refractivity contribution >= 4 is 11.7 Å². The van der Waals surface area contributed by atoms with Crippen molar-refractivity contribution in [2.75, 3.05) is 25.0 Å². The van der Waals surface area contributed by atoms with Gasteiger partial charge in [0, 0.05) is 31.5 Å². The van der Waals surface area contributed by atoms with Crippen LogP contribution >= 0.6 is 0 Å². The van der Waals surface area contributed by atoms with Gasteiger partial charge in [0.2, 0.25) is 5.91 Å². The molecule has 0 saturated carbocycles. The monoisotopic (exact) mass is 344 g/mol. The van der Waals surface area contributed by atoms with Gasteiger partial charge in [0.15, 0.2) is 5.82 Å². The van der Waals surface area contributed by atoms with E-state index in [0.29, 0.717) is 31.3 Å². The Hall–Kier alpha value is -2.48. The summed E-state index contributed by atoms with van der Waals surface area (Å²) in [5.41, 5.74) is 1.96. The first-order chi connectivity index (χ1) is 12.0. The zero-order chi connectivity index (χ0) is 17.8. The summed E-state index contributed by atoms with van der Waals surface area (Å²) in [4.78, 5) is 20.7. The average molecular weight is 344 g/mol. The topological polar surface area (TPSA) is 94.0 Å². The van der Waals surface area contributed by atoms with Crippen LogP contribution in [-0.4, -0.2) is 51.5 Å². The minimum Gasteiger partial charge on any atom is -0.368 e. The first-order valence-electron chi connectivity index (χ1n) is 8.55. The van der Waals surface area contributed by atoms with Gasteiger partial charge in [-0.3, -0.25) is 4.79 Å². The molecule has 8 heteroatoms. The van der Waals surface area contributed by atoms with Gasteiger partial charge < -0.3 is 15.4 Å². The largest absolute Gasteiger partial charge is 0.368 e. The Morgan fingerprint density at radius 3 is 2.80 bits per heavy atom. The summed E-state index contributed by atoms with van der Waals surface area (Å²) in [5.74, 6) is 2.06. The van der Waals surface area contributed by atoms with Crippen LogP contribution in [-0.2, 0) is 9.53 Å². The molecule has 0 bridgehead atoms. The molecule has 8 nitrogen and oxygen atoms in total. The average Bonchev–Trinajstić information content (AvgIpc) is 3.20. The maximum atomic E-state index is 11.9. The zero-order valence-electron chi connectivity index (χ0n) is 14.9. The van der Waals surface area contributed by atoms with Crippen LogP contribution in [0.5, 0.6) is 0 Å². The number of nitrogens with zero attached hydrogens (tertiary/aromatic N) is 4. The number of ether oxygens (including phenoxy) is 1. The van der Waals surface area contributed by atoms with E-state index in [4.69, 9.17) is 4.74 Å². The zero-order valence-corrected chi connectivity index (χ0v) is 14.9. The third-order valence-electron chi connectivity index (χ3n) is 4.00. The fourth-order valence-corrected chi connectivity index (χ4v) is 2.89. The van der Waals surface area contributed by atoms with E-state index in [-0.39, 0.29) is 12.0 Å². The maximum Gasteiger partial charge on any atom is 0.249 e. The van der Waals surface area contributed by atoms with Crippen LogP contribution in [0, 0.1) is 20.8 Å². The Balaban J connectivity index is 1.57. The van der Waals surface area contributed by atoms with Gasteiger partial charge in [-0.2, -0.15) is 5.10 Å². The molecule has 2 aromatic rings. The third kappa shape index (κ3) is 4.33. The number of hydrogen-bond donors (Lipinski definition) is 2. The molecule has 2 aromatic heterocycles. The van der Waals surface area contributed by atoms with Gasteiger partial charge in [0.1, 0.15) is 17.7 Å². The lowest BCUT2D eigenvalue weighted by Gasteiger charge is -2.12. The molecule has 1 saturated heterocycles. The Morgan fingerprint density at radius 2 is 2.12 bits per heavy atom. The lowest BCUT2D eigenvalue weighted by Crippen LogP contribution is -2.36. The number of amides is 1. The highest BCUT2D eigenvalue weighted by atomic mass is 16.5. The number of hydrogen-bond acceptors (Lipinski definition) is 6. The summed E-state index contributed by atoms with van der Waals surface area (Å²) in [6.45, 7) is 7.55. The summed E-state index contributed by atoms with van der Waals surface area (Å²) in [6, 6.07) is 3.86. The predicted molar refractivity (Wildman–Crippen MR) is 93.8 cm³/mol. The molecule has 1 amide bonds. The number of anilines is 1. The fourth-order valence-electron chi connectivity index (χ4n) is 2.89. The minimum atomic E-state index is -0.293. The summed E-state index contributed by atoms with van der Waals surface area (Å²) < 4.78 is 7.16. The number of carbonyl (C=O) groups excluding carboxylic acids is 1. The first kappa shape index (κ1) is 17.3. The van der Waals surface area contributed by atoms with Gasteiger partial charge in [-0.15, -0.1) is 0 Å². The van der Waals surface area contributed by atoms with Crippen molar-refractivity contribution in [1.29, 1.82) is 0 Å². The van der Waals surface area contributed by atoms with Crippen LogP contribution in [0.2, 0.25) is 0 Å². The molecular formula is C17H24N6O2. The molecule has 1 atom stereocenters. The molecule has 0 spiro atoms. The fraction of sp³-hybridized carbons (Fsp3) is 0.529. The van der Waals surface area contributed by atoms with Crippen LogP contribution in [0.1, 0.15) is 30.1 Å². The molecule has 1 unspecified atom stereocenters. The molecular weight excluding hydrogens is 320 g/mol. The summed E-state index contributed by atoms with van der Waals surface area (Å²) in [5, 5.41) is 10.6. The van der Waals surface area contributed by atoms with Crippen molar-refractivity contribution in [3.05, 3.63) is 29.3 Å². The second kappa shape index (κ2) is 7.60. The van der Waals surface area contributed by atoms with Crippen molar-refractivity contribution < 1.29 is 9.53 Å². The van der Waals surface area contributed by atoms with Crippen LogP contribution < -0.4 is 10.6 Å². The van der Waals surface area contributed by atoms with Crippen molar-refractivity contribution in [2.45, 2.75) is 39.7 Å². The van der Waals surface area contributed by atoms with Crippen molar-refractivity contribution in [1.82, 2.24) is 25.1 Å². The van der Waals surface area contributed by atoms with Crippen LogP contribution in [0.25, 0.3) is 5.82 Å². The molecule has 25 heavy (non-hydrogen) atoms. The van der Waals surface area contributed by atoms with E-state index in [1.807, 2.05) is 32.9 Å². The number of rotatable bonds is 6. The second-order valence-electron chi connectivity index (χ2n) is 6.22. The highest BCUT2D eigenvalue weighted by Gasteiger charge is 2.22. The maximum absolute atomic E-state index is 11.9. The lowest BCUT2D eigenvalue weighted by molar-refractivity contribution is -0.129. The van der Waals surface area contributed by atoms with Crippen LogP contribution in [0.3, 0.4) is 0 Å². The molecule has 1 aliphatic rings. The van der Waals surface area contributed by atoms with E-state index in [1.165, 1.54) is 0 Å². The van der Waals surface area contributed by atoms with Crippen LogP contribution in [0.15, 0.2) is 12.1 Å². The smallest absolute Gasteiger partial charge is 0.249 e. The standard InChI is InChI=1S/C17H24N6O2/c1-11-9-12(2)23(22-11)16-10-15(20-13(3)21-16)18-6-7-19-17(24)14-5-4-8-25-14/h9-10,14H,4-8H2,1-3H3,(H,19,24)(H,18,20,21). The molecule has 0 aromatic carbocycles. The molecule has 0 radical (unpaired) electrons. The van der Waals surface area contributed by atoms with E-state index in [9.17, 15) is 4.79 Å². The molecule has 0 aliphatic carbocycles. The Labute approximate surface area is 147 Å². The molecule has 3 rings (SSSR count). The van der Waals surface area contributed by atoms with Crippen molar-refractivity contribution in [2.24, 2.45) is 0 Å². The number of aryl methyl sites for hydroxylation is 3. The summed E-state index contributed by atoms with van der Waals surface area (Å²) in [7, 11) is 0. The normalized spacial score (nSPS) is 16.8. The molecule has 134 valence electrons. The second-order valence-corrected chi connectivity index (χ2v) is 6.22. The summed E-state index contributed by atoms with van der Waals surface area (Å²) >= 11 is 0. The molecule has 1 fully saturated rings. The van der Waals surface area contributed by atoms with E-state index in [0.717, 1.165) is 30.0 Å². The lowest BCUT2D eigenvalue weighted by atomic mass is 10.2. The Kier molecular flexibility index (Phi) is 5.28. The molecule has 1 aliphatic heterocycles. The number of nitrogens with one attached hydrogen (secondary N) is 2. The van der Waals surface area contributed by atoms with Crippen molar-refractivity contribution in [3.63, 3.8) is 0 Å². The van der Waals surface area contributed by atoms with Gasteiger partial charge >= 0.3 is 0 Å². The third-order valence-corrected chi connectivity index (χ3v) is 4.00. The molecule has 2 N–H and O–H groups in total. The molecule has 3 heterocycles. The van der Waals surface area contributed by atoms with Crippen LogP contribution in [0.4, 0.5) is 5.82 Å². The van der Waals surface area contributed by atoms with Crippen molar-refractivity contribution in [3.8, 4) is 5.82 Å². The minimum absolute atomic E-state index is 0.0403. The highest BCUT2D eigenvalue weighted by Crippen LogP contribution is 2.14. The van der Waals surface area contributed by atoms with E-state index >= 15 is 0 Å². The quantitative estimate of drug-likeness (QED) is 0.767. The Morgan fingerprint density at radius 1 is 1.28 bits per heavy atom. The number of carbonyl (C=O) groups is 1. The predicted octanol–water partition coefficient (Wildman–Crippen LogP) is 1.29. The van der Waals surface area contributed by atoms with E-state index in [1.54, 1.807) is 4.68 Å². The summed E-state index contributed by atoms with van der Waals surface area (Å²) in [6.07, 6.45) is 1.46. The SMILES string of the molecule is Cc1cc(C)n(-c2cc(NCCNC(=O)C3CCCO3)nc(C)n2)n1. The van der Waals surface area contributed by atoms with Gasteiger partial charge in [0.05, 0.1) is 5.69 Å². The van der Waals surface area contributed by atoms with E-state index in [2.05, 4.69) is 25.7 Å². The van der Waals surface area contributed by atoms with Gasteiger partial charge in [-0.1, -0.05) is 0 Å². The highest BCUT2D eigenvalue weighted by molar-refractivity contribution is 5.80. The van der Waals surface area contributed by atoms with Gasteiger partial charge in [-0.05, 0) is 39.7 Å². The van der Waals surface area contributed by atoms with E-state index < -0.39 is 0 Å².